The largest absolute Gasteiger partial charge is 0.313 e. The monoisotopic (exact) mass is 283 g/mol. The Balaban J connectivity index is 0.000000677. The summed E-state index contributed by atoms with van der Waals surface area (Å²) in [7, 11) is 0. The molecule has 1 aliphatic rings. The van der Waals surface area contributed by atoms with Crippen LogP contribution in [0.5, 0.6) is 0 Å². The molecule has 0 bridgehead atoms. The molecule has 0 spiro atoms. The van der Waals surface area contributed by atoms with E-state index in [-0.39, 0.29) is 0 Å². The van der Waals surface area contributed by atoms with Crippen molar-refractivity contribution >= 4 is 0 Å². The molecule has 0 amide bonds. The van der Waals surface area contributed by atoms with Gasteiger partial charge in [-0.3, -0.25) is 0 Å². The number of hydrogen-bond acceptors (Lipinski definition) is 1. The second-order valence-corrected chi connectivity index (χ2v) is 5.44. The third kappa shape index (κ3) is 7.10. The molecular formula is C20H29N. The molecule has 0 saturated heterocycles. The van der Waals surface area contributed by atoms with E-state index in [1.54, 1.807) is 6.08 Å². The normalized spacial score (nSPS) is 25.6. The van der Waals surface area contributed by atoms with Gasteiger partial charge in [0.15, 0.2) is 0 Å². The van der Waals surface area contributed by atoms with Gasteiger partial charge in [0.2, 0.25) is 0 Å². The lowest BCUT2D eigenvalue weighted by Gasteiger charge is -2.22. The highest BCUT2D eigenvalue weighted by Crippen LogP contribution is 2.30. The second-order valence-electron chi connectivity index (χ2n) is 5.44. The first-order valence-corrected chi connectivity index (χ1v) is 7.95. The van der Waals surface area contributed by atoms with Gasteiger partial charge in [0.05, 0.1) is 0 Å². The van der Waals surface area contributed by atoms with E-state index in [0.29, 0.717) is 11.8 Å². The molecule has 0 radical (unpaired) electrons. The van der Waals surface area contributed by atoms with Crippen LogP contribution >= 0.6 is 0 Å². The smallest absolute Gasteiger partial charge is 0.0137 e. The van der Waals surface area contributed by atoms with Crippen LogP contribution in [0.3, 0.4) is 0 Å². The molecule has 21 heavy (non-hydrogen) atoms. The Bertz CT molecular complexity index is 430. The summed E-state index contributed by atoms with van der Waals surface area (Å²) in [5, 5.41) is 3.45. The predicted octanol–water partition coefficient (Wildman–Crippen LogP) is 5.09. The molecule has 114 valence electrons. The van der Waals surface area contributed by atoms with E-state index in [2.05, 4.69) is 73.5 Å². The van der Waals surface area contributed by atoms with Crippen LogP contribution in [-0.2, 0) is 0 Å². The Kier molecular flexibility index (Phi) is 9.23. The van der Waals surface area contributed by atoms with E-state index in [1.165, 1.54) is 18.4 Å². The average molecular weight is 283 g/mol. The Hall–Kier alpha value is -1.60. The topological polar surface area (TPSA) is 12.0 Å². The van der Waals surface area contributed by atoms with Gasteiger partial charge in [-0.25, -0.2) is 0 Å². The summed E-state index contributed by atoms with van der Waals surface area (Å²) in [6.07, 6.45) is 13.1. The highest BCUT2D eigenvalue weighted by atomic mass is 14.8. The highest BCUT2D eigenvalue weighted by molar-refractivity contribution is 5.22. The molecule has 2 atom stereocenters. The van der Waals surface area contributed by atoms with Crippen molar-refractivity contribution in [2.24, 2.45) is 5.92 Å². The quantitative estimate of drug-likeness (QED) is 0.707. The predicted molar refractivity (Wildman–Crippen MR) is 94.6 cm³/mol. The van der Waals surface area contributed by atoms with Gasteiger partial charge in [-0.15, -0.1) is 6.58 Å². The van der Waals surface area contributed by atoms with Crippen LogP contribution in [0, 0.1) is 5.92 Å². The van der Waals surface area contributed by atoms with Gasteiger partial charge in [0.1, 0.15) is 0 Å². The van der Waals surface area contributed by atoms with Crippen LogP contribution in [0.15, 0.2) is 67.3 Å². The summed E-state index contributed by atoms with van der Waals surface area (Å²) in [6.45, 7) is 9.67. The van der Waals surface area contributed by atoms with Crippen LogP contribution in [0.25, 0.3) is 0 Å². The number of nitrogens with one attached hydrogen (secondary N) is 1. The minimum atomic E-state index is 0.593. The standard InChI is InChI=1S/C17H23N.C3H6/c1-15-9-4-3-7-13-18-14-8-12-17(15)16-10-5-2-6-11-16;1-3-2/h2-7,9-11,15,17-18H,8,12-14H2,1H3;3H,1H2,2H3/b7-3-,9-4-;. The lowest BCUT2D eigenvalue weighted by atomic mass is 9.83. The number of rotatable bonds is 1. The van der Waals surface area contributed by atoms with Crippen LogP contribution in [0.4, 0.5) is 0 Å². The number of allylic oxidation sites excluding steroid dienone is 4. The fourth-order valence-corrected chi connectivity index (χ4v) is 2.59. The van der Waals surface area contributed by atoms with Crippen molar-refractivity contribution in [3.63, 3.8) is 0 Å². The van der Waals surface area contributed by atoms with E-state index in [4.69, 9.17) is 0 Å². The molecule has 1 N–H and O–H groups in total. The fourth-order valence-electron chi connectivity index (χ4n) is 2.59. The van der Waals surface area contributed by atoms with Gasteiger partial charge < -0.3 is 5.32 Å². The zero-order valence-electron chi connectivity index (χ0n) is 13.5. The van der Waals surface area contributed by atoms with Gasteiger partial charge in [-0.1, -0.05) is 67.6 Å². The van der Waals surface area contributed by atoms with Crippen molar-refractivity contribution in [1.82, 2.24) is 5.32 Å². The molecule has 1 nitrogen and oxygen atoms in total. The summed E-state index contributed by atoms with van der Waals surface area (Å²) >= 11 is 0. The summed E-state index contributed by atoms with van der Waals surface area (Å²) in [4.78, 5) is 0. The lowest BCUT2D eigenvalue weighted by Crippen LogP contribution is -2.16. The molecule has 1 aliphatic heterocycles. The van der Waals surface area contributed by atoms with E-state index < -0.39 is 0 Å². The Morgan fingerprint density at radius 2 is 1.90 bits per heavy atom. The first-order chi connectivity index (χ1) is 10.3. The van der Waals surface area contributed by atoms with Crippen molar-refractivity contribution in [3.8, 4) is 0 Å². The molecule has 1 aromatic rings. The van der Waals surface area contributed by atoms with Gasteiger partial charge in [-0.05, 0) is 43.7 Å². The third-order valence-corrected chi connectivity index (χ3v) is 3.66. The molecule has 0 fully saturated rings. The summed E-state index contributed by atoms with van der Waals surface area (Å²) in [5.41, 5.74) is 1.47. The second kappa shape index (κ2) is 11.1. The van der Waals surface area contributed by atoms with Crippen molar-refractivity contribution in [2.45, 2.75) is 32.6 Å². The zero-order chi connectivity index (χ0) is 15.3. The number of benzene rings is 1. The van der Waals surface area contributed by atoms with E-state index >= 15 is 0 Å². The fraction of sp³-hybridized carbons (Fsp3) is 0.400. The maximum atomic E-state index is 3.45. The molecule has 0 saturated carbocycles. The molecule has 1 heteroatoms. The van der Waals surface area contributed by atoms with Gasteiger partial charge in [-0.2, -0.15) is 0 Å². The van der Waals surface area contributed by atoms with Crippen molar-refractivity contribution < 1.29 is 0 Å². The molecule has 0 aromatic heterocycles. The maximum Gasteiger partial charge on any atom is 0.0137 e. The molecule has 1 aromatic carbocycles. The lowest BCUT2D eigenvalue weighted by molar-refractivity contribution is 0.485. The molecule has 1 heterocycles. The van der Waals surface area contributed by atoms with E-state index in [0.717, 1.165) is 13.1 Å². The van der Waals surface area contributed by atoms with Gasteiger partial charge in [0, 0.05) is 6.54 Å². The van der Waals surface area contributed by atoms with Gasteiger partial charge >= 0.3 is 0 Å². The molecule has 0 aliphatic carbocycles. The Morgan fingerprint density at radius 1 is 1.19 bits per heavy atom. The van der Waals surface area contributed by atoms with Crippen molar-refractivity contribution in [1.29, 1.82) is 0 Å². The van der Waals surface area contributed by atoms with Crippen LogP contribution < -0.4 is 5.32 Å². The van der Waals surface area contributed by atoms with Crippen molar-refractivity contribution in [2.75, 3.05) is 13.1 Å². The summed E-state index contributed by atoms with van der Waals surface area (Å²) in [5.74, 6) is 1.23. The number of hydrogen-bond donors (Lipinski definition) is 1. The molecule has 2 rings (SSSR count). The first kappa shape index (κ1) is 17.5. The third-order valence-electron chi connectivity index (χ3n) is 3.66. The molecule has 2 unspecified atom stereocenters. The summed E-state index contributed by atoms with van der Waals surface area (Å²) in [6, 6.07) is 10.9. The first-order valence-electron chi connectivity index (χ1n) is 7.95. The van der Waals surface area contributed by atoms with E-state index in [9.17, 15) is 0 Å². The Morgan fingerprint density at radius 3 is 2.62 bits per heavy atom. The maximum absolute atomic E-state index is 3.45. The molecular weight excluding hydrogens is 254 g/mol. The SMILES string of the molecule is C=CC.CC1/C=C\C=C/CNCCCC1c1ccccc1. The Labute approximate surface area is 130 Å². The van der Waals surface area contributed by atoms with Crippen molar-refractivity contribution in [3.05, 3.63) is 72.9 Å². The zero-order valence-corrected chi connectivity index (χ0v) is 13.5. The summed E-state index contributed by atoms with van der Waals surface area (Å²) < 4.78 is 0. The minimum Gasteiger partial charge on any atom is -0.313 e. The van der Waals surface area contributed by atoms with Crippen LogP contribution in [0.2, 0.25) is 0 Å². The van der Waals surface area contributed by atoms with E-state index in [1.807, 2.05) is 6.92 Å². The van der Waals surface area contributed by atoms with Crippen LogP contribution in [-0.4, -0.2) is 13.1 Å². The van der Waals surface area contributed by atoms with Gasteiger partial charge in [0.25, 0.3) is 0 Å². The van der Waals surface area contributed by atoms with Crippen LogP contribution in [0.1, 0.15) is 38.2 Å². The highest BCUT2D eigenvalue weighted by Gasteiger charge is 2.16. The average Bonchev–Trinajstić information content (AvgIpc) is 2.54. The minimum absolute atomic E-state index is 0.593.